The number of carboxylic acids is 1. The molecule has 3 N–H and O–H groups in total. The van der Waals surface area contributed by atoms with Gasteiger partial charge in [0.25, 0.3) is 0 Å². The highest BCUT2D eigenvalue weighted by Gasteiger charge is 2.19. The lowest BCUT2D eigenvalue weighted by Gasteiger charge is -1.99. The lowest BCUT2D eigenvalue weighted by Crippen LogP contribution is -2.04. The van der Waals surface area contributed by atoms with Crippen LogP contribution in [0.4, 0.5) is 5.82 Å². The van der Waals surface area contributed by atoms with Crippen molar-refractivity contribution in [2.75, 3.05) is 5.73 Å². The number of aryl methyl sites for hydroxylation is 2. The molecule has 1 aromatic carbocycles. The van der Waals surface area contributed by atoms with Gasteiger partial charge in [-0.3, -0.25) is 4.79 Å². The van der Waals surface area contributed by atoms with Gasteiger partial charge in [0.2, 0.25) is 0 Å². The van der Waals surface area contributed by atoms with E-state index < -0.39 is 5.97 Å². The van der Waals surface area contributed by atoms with E-state index >= 15 is 0 Å². The second-order valence-electron chi connectivity index (χ2n) is 6.57. The van der Waals surface area contributed by atoms with E-state index in [2.05, 4.69) is 20.2 Å². The number of ketones is 1. The Balaban J connectivity index is 0.000000176. The summed E-state index contributed by atoms with van der Waals surface area (Å²) in [6.45, 7) is 5.50. The Labute approximate surface area is 181 Å². The fourth-order valence-corrected chi connectivity index (χ4v) is 3.41. The lowest BCUT2D eigenvalue weighted by molar-refractivity contribution is 0.0691. The number of aromatic carboxylic acids is 1. The van der Waals surface area contributed by atoms with Gasteiger partial charge in [-0.05, 0) is 13.0 Å². The Kier molecular flexibility index (Phi) is 6.55. The van der Waals surface area contributed by atoms with Crippen molar-refractivity contribution < 1.29 is 19.1 Å². The molecule has 0 spiro atoms. The van der Waals surface area contributed by atoms with Crippen LogP contribution in [0, 0.1) is 13.8 Å². The van der Waals surface area contributed by atoms with E-state index in [4.69, 9.17) is 15.3 Å². The maximum Gasteiger partial charge on any atom is 0.358 e. The third-order valence-corrected chi connectivity index (χ3v) is 4.79. The lowest BCUT2D eigenvalue weighted by atomic mass is 10.1. The molecular weight excluding hydrogens is 420 g/mol. The number of Topliss-reactive ketones (excluding diaryl/α,β-unsaturated/α-hetero) is 1. The minimum Gasteiger partial charge on any atom is -0.476 e. The number of nitrogens with two attached hydrogens (primary N) is 1. The Morgan fingerprint density at radius 2 is 2.03 bits per heavy atom. The van der Waals surface area contributed by atoms with E-state index in [0.717, 1.165) is 16.1 Å². The van der Waals surface area contributed by atoms with Crippen molar-refractivity contribution in [1.29, 1.82) is 0 Å². The second kappa shape index (κ2) is 9.30. The van der Waals surface area contributed by atoms with Crippen LogP contribution in [-0.4, -0.2) is 41.8 Å². The number of aromatic nitrogens is 5. The fourth-order valence-electron chi connectivity index (χ4n) is 2.61. The highest BCUT2D eigenvalue weighted by Crippen LogP contribution is 2.25. The van der Waals surface area contributed by atoms with Gasteiger partial charge in [-0.25, -0.2) is 14.8 Å². The third kappa shape index (κ3) is 5.60. The summed E-state index contributed by atoms with van der Waals surface area (Å²) in [4.78, 5) is 31.4. The quantitative estimate of drug-likeness (QED) is 0.446. The van der Waals surface area contributed by atoms with Gasteiger partial charge in [-0.2, -0.15) is 9.90 Å². The largest absolute Gasteiger partial charge is 0.476 e. The first-order valence-corrected chi connectivity index (χ1v) is 9.99. The standard InChI is InChI=1S/C12H11NO3.C8H9N5OS/c1-7-4-3-5-9(6-7)11-10(12(14)15)13-8(2)16-11;1-5(14)6-4-15-8(11-6)3-13-10-2-7(9)12-13/h3-6H,1-2H3,(H,14,15);2,4H,3H2,1H3,(H2,9,12). The minimum absolute atomic E-state index is 0.0366. The Morgan fingerprint density at radius 3 is 2.61 bits per heavy atom. The normalized spacial score (nSPS) is 10.4. The third-order valence-electron chi connectivity index (χ3n) is 3.96. The molecule has 0 aliphatic heterocycles. The van der Waals surface area contributed by atoms with Gasteiger partial charge in [-0.15, -0.1) is 16.4 Å². The number of hydrogen-bond donors (Lipinski definition) is 2. The molecule has 0 aliphatic rings. The summed E-state index contributed by atoms with van der Waals surface area (Å²) in [5.41, 5.74) is 7.64. The van der Waals surface area contributed by atoms with Crippen LogP contribution in [-0.2, 0) is 6.54 Å². The molecule has 0 radical (unpaired) electrons. The smallest absolute Gasteiger partial charge is 0.358 e. The molecule has 4 aromatic rings. The van der Waals surface area contributed by atoms with E-state index in [1.807, 2.05) is 25.1 Å². The Hall–Kier alpha value is -3.86. The van der Waals surface area contributed by atoms with E-state index in [9.17, 15) is 9.59 Å². The number of carboxylic acid groups (broad SMARTS) is 1. The summed E-state index contributed by atoms with van der Waals surface area (Å²) < 4.78 is 5.33. The SMILES string of the molecule is CC(=O)c1csc(Cn2ncc(N)n2)n1.Cc1cccc(-c2oc(C)nc2C(=O)O)c1. The van der Waals surface area contributed by atoms with Crippen molar-refractivity contribution in [3.63, 3.8) is 0 Å². The van der Waals surface area contributed by atoms with Crippen molar-refractivity contribution in [3.05, 3.63) is 63.7 Å². The van der Waals surface area contributed by atoms with Gasteiger partial charge in [0, 0.05) is 24.8 Å². The van der Waals surface area contributed by atoms with Crippen LogP contribution in [0.2, 0.25) is 0 Å². The number of oxazole rings is 1. The molecule has 11 heteroatoms. The van der Waals surface area contributed by atoms with Crippen LogP contribution in [0.1, 0.15) is 44.4 Å². The zero-order valence-electron chi connectivity index (χ0n) is 17.1. The van der Waals surface area contributed by atoms with Gasteiger partial charge in [-0.1, -0.05) is 23.8 Å². The van der Waals surface area contributed by atoms with Crippen LogP contribution >= 0.6 is 11.3 Å². The highest BCUT2D eigenvalue weighted by atomic mass is 32.1. The number of carbonyl (C=O) groups excluding carboxylic acids is 1. The Morgan fingerprint density at radius 1 is 1.26 bits per heavy atom. The molecule has 3 heterocycles. The molecule has 0 saturated heterocycles. The molecule has 0 fully saturated rings. The molecule has 0 bridgehead atoms. The highest BCUT2D eigenvalue weighted by molar-refractivity contribution is 7.09. The number of hydrogen-bond acceptors (Lipinski definition) is 9. The number of thiazole rings is 1. The van der Waals surface area contributed by atoms with Gasteiger partial charge in [0.1, 0.15) is 17.2 Å². The van der Waals surface area contributed by atoms with E-state index in [1.165, 1.54) is 29.3 Å². The zero-order valence-corrected chi connectivity index (χ0v) is 17.9. The molecule has 31 heavy (non-hydrogen) atoms. The van der Waals surface area contributed by atoms with Gasteiger partial charge in [0.15, 0.2) is 28.9 Å². The molecule has 3 aromatic heterocycles. The van der Waals surface area contributed by atoms with Crippen molar-refractivity contribution >= 4 is 28.9 Å². The van der Waals surface area contributed by atoms with Gasteiger partial charge in [0.05, 0.1) is 6.20 Å². The minimum atomic E-state index is -1.08. The summed E-state index contributed by atoms with van der Waals surface area (Å²) in [7, 11) is 0. The van der Waals surface area contributed by atoms with E-state index in [-0.39, 0.29) is 11.5 Å². The van der Waals surface area contributed by atoms with Crippen molar-refractivity contribution in [2.24, 2.45) is 0 Å². The second-order valence-corrected chi connectivity index (χ2v) is 7.51. The average molecular weight is 440 g/mol. The molecule has 4 rings (SSSR count). The molecule has 160 valence electrons. The molecule has 10 nitrogen and oxygen atoms in total. The maximum absolute atomic E-state index is 11.0. The van der Waals surface area contributed by atoms with Crippen LogP contribution < -0.4 is 5.73 Å². The first kappa shape index (κ1) is 21.8. The van der Waals surface area contributed by atoms with Crippen LogP contribution in [0.3, 0.4) is 0 Å². The summed E-state index contributed by atoms with van der Waals surface area (Å²) >= 11 is 1.41. The van der Waals surface area contributed by atoms with Gasteiger partial charge < -0.3 is 15.3 Å². The van der Waals surface area contributed by atoms with Crippen LogP contribution in [0.5, 0.6) is 0 Å². The summed E-state index contributed by atoms with van der Waals surface area (Å²) in [6, 6.07) is 7.47. The number of benzene rings is 1. The topological polar surface area (TPSA) is 150 Å². The number of carbonyl (C=O) groups is 2. The molecular formula is C20H20N6O4S. The van der Waals surface area contributed by atoms with Crippen molar-refractivity contribution in [3.8, 4) is 11.3 Å². The van der Waals surface area contributed by atoms with E-state index in [1.54, 1.807) is 18.4 Å². The number of nitrogens with zero attached hydrogens (tertiary/aromatic N) is 5. The molecule has 0 amide bonds. The molecule has 0 saturated carbocycles. The first-order valence-electron chi connectivity index (χ1n) is 9.11. The summed E-state index contributed by atoms with van der Waals surface area (Å²) in [6.07, 6.45) is 1.47. The molecule has 0 atom stereocenters. The van der Waals surface area contributed by atoms with Crippen molar-refractivity contribution in [2.45, 2.75) is 27.3 Å². The first-order chi connectivity index (χ1) is 14.7. The Bertz CT molecular complexity index is 1230. The van der Waals surface area contributed by atoms with Crippen LogP contribution in [0.15, 0.2) is 40.3 Å². The molecule has 0 aliphatic carbocycles. The zero-order chi connectivity index (χ0) is 22.5. The average Bonchev–Trinajstić information content (AvgIpc) is 3.43. The summed E-state index contributed by atoms with van der Waals surface area (Å²) in [5, 5.41) is 19.4. The molecule has 0 unspecified atom stereocenters. The predicted octanol–water partition coefficient (Wildman–Crippen LogP) is 3.22. The van der Waals surface area contributed by atoms with Gasteiger partial charge >= 0.3 is 5.97 Å². The van der Waals surface area contributed by atoms with Crippen LogP contribution in [0.25, 0.3) is 11.3 Å². The van der Waals surface area contributed by atoms with Crippen molar-refractivity contribution in [1.82, 2.24) is 25.0 Å². The number of anilines is 1. The number of rotatable bonds is 5. The van der Waals surface area contributed by atoms with E-state index in [0.29, 0.717) is 29.7 Å². The fraction of sp³-hybridized carbons (Fsp3) is 0.200. The monoisotopic (exact) mass is 440 g/mol. The predicted molar refractivity (Wildman–Crippen MR) is 114 cm³/mol. The summed E-state index contributed by atoms with van der Waals surface area (Å²) in [5.74, 6) is -0.0697. The number of nitrogen functional groups attached to an aromatic ring is 1. The maximum atomic E-state index is 11.0.